The molecule has 3 rings (SSSR count). The Balaban J connectivity index is 1.31. The lowest BCUT2D eigenvalue weighted by molar-refractivity contribution is -0.126. The van der Waals surface area contributed by atoms with Crippen LogP contribution in [0.2, 0.25) is 0 Å². The lowest BCUT2D eigenvalue weighted by Crippen LogP contribution is -2.43. The summed E-state index contributed by atoms with van der Waals surface area (Å²) in [4.78, 5) is 17.2. The first kappa shape index (κ1) is 17.4. The quantitative estimate of drug-likeness (QED) is 0.815. The Morgan fingerprint density at radius 1 is 1.17 bits per heavy atom. The molecule has 4 nitrogen and oxygen atoms in total. The van der Waals surface area contributed by atoms with Gasteiger partial charge in [-0.15, -0.1) is 0 Å². The van der Waals surface area contributed by atoms with Crippen LogP contribution in [0.3, 0.4) is 0 Å². The number of nitrogens with one attached hydrogen (secondary N) is 1. The molecule has 1 fully saturated rings. The molecule has 1 aromatic carbocycles. The van der Waals surface area contributed by atoms with E-state index in [-0.39, 0.29) is 11.8 Å². The Labute approximate surface area is 146 Å². The molecule has 0 unspecified atom stereocenters. The zero-order chi connectivity index (χ0) is 16.9. The first-order chi connectivity index (χ1) is 11.6. The molecule has 0 saturated carbocycles. The van der Waals surface area contributed by atoms with Crippen molar-refractivity contribution < 1.29 is 4.79 Å². The summed E-state index contributed by atoms with van der Waals surface area (Å²) in [6.45, 7) is 10.5. The SMILES string of the molecule is CC(C)N1CCC(C(=O)NCCCN2Cc3ccccc3C2)CC1. The predicted octanol–water partition coefficient (Wildman–Crippen LogP) is 2.63. The van der Waals surface area contributed by atoms with Crippen molar-refractivity contribution in [2.24, 2.45) is 5.92 Å². The molecule has 2 aliphatic rings. The molecule has 0 aliphatic carbocycles. The molecule has 0 spiro atoms. The number of benzene rings is 1. The summed E-state index contributed by atoms with van der Waals surface area (Å²) in [6, 6.07) is 9.28. The second-order valence-electron chi connectivity index (χ2n) is 7.53. The van der Waals surface area contributed by atoms with Gasteiger partial charge in [-0.25, -0.2) is 0 Å². The van der Waals surface area contributed by atoms with Crippen molar-refractivity contribution in [3.8, 4) is 0 Å². The van der Waals surface area contributed by atoms with Gasteiger partial charge >= 0.3 is 0 Å². The average molecular weight is 329 g/mol. The topological polar surface area (TPSA) is 35.6 Å². The molecule has 0 atom stereocenters. The van der Waals surface area contributed by atoms with Gasteiger partial charge in [0.25, 0.3) is 0 Å². The van der Waals surface area contributed by atoms with E-state index < -0.39 is 0 Å². The third-order valence-corrected chi connectivity index (χ3v) is 5.49. The fourth-order valence-electron chi connectivity index (χ4n) is 3.90. The molecule has 0 bridgehead atoms. The molecular formula is C20H31N3O. The monoisotopic (exact) mass is 329 g/mol. The van der Waals surface area contributed by atoms with Gasteiger partial charge in [-0.3, -0.25) is 9.69 Å². The second kappa shape index (κ2) is 8.13. The first-order valence-corrected chi connectivity index (χ1v) is 9.44. The van der Waals surface area contributed by atoms with Crippen molar-refractivity contribution >= 4 is 5.91 Å². The third kappa shape index (κ3) is 4.37. The number of nitrogens with zero attached hydrogens (tertiary/aromatic N) is 2. The molecule has 0 aromatic heterocycles. The molecule has 2 aliphatic heterocycles. The Morgan fingerprint density at radius 3 is 2.38 bits per heavy atom. The van der Waals surface area contributed by atoms with Crippen molar-refractivity contribution in [1.82, 2.24) is 15.1 Å². The predicted molar refractivity (Wildman–Crippen MR) is 97.6 cm³/mol. The van der Waals surface area contributed by atoms with E-state index >= 15 is 0 Å². The number of hydrogen-bond donors (Lipinski definition) is 1. The van der Waals surface area contributed by atoms with Gasteiger partial charge in [-0.2, -0.15) is 0 Å². The van der Waals surface area contributed by atoms with Gasteiger partial charge in [-0.1, -0.05) is 24.3 Å². The van der Waals surface area contributed by atoms with Crippen LogP contribution in [-0.2, 0) is 17.9 Å². The van der Waals surface area contributed by atoms with E-state index in [9.17, 15) is 4.79 Å². The highest BCUT2D eigenvalue weighted by Crippen LogP contribution is 2.22. The van der Waals surface area contributed by atoms with Gasteiger partial charge in [0.2, 0.25) is 5.91 Å². The van der Waals surface area contributed by atoms with Crippen molar-refractivity contribution in [3.63, 3.8) is 0 Å². The fraction of sp³-hybridized carbons (Fsp3) is 0.650. The maximum atomic E-state index is 12.3. The van der Waals surface area contributed by atoms with Crippen molar-refractivity contribution in [2.45, 2.75) is 52.2 Å². The van der Waals surface area contributed by atoms with E-state index in [4.69, 9.17) is 0 Å². The van der Waals surface area contributed by atoms with E-state index in [1.807, 2.05) is 0 Å². The fourth-order valence-corrected chi connectivity index (χ4v) is 3.90. The Hall–Kier alpha value is -1.39. The molecule has 1 amide bonds. The Bertz CT molecular complexity index is 525. The third-order valence-electron chi connectivity index (χ3n) is 5.49. The molecule has 0 radical (unpaired) electrons. The highest BCUT2D eigenvalue weighted by Gasteiger charge is 2.25. The van der Waals surface area contributed by atoms with Gasteiger partial charge in [0, 0.05) is 38.1 Å². The molecule has 24 heavy (non-hydrogen) atoms. The van der Waals surface area contributed by atoms with Crippen LogP contribution in [0.1, 0.15) is 44.2 Å². The number of amides is 1. The standard InChI is InChI=1S/C20H31N3O/c1-16(2)23-12-8-17(9-13-23)20(24)21-10-5-11-22-14-18-6-3-4-7-19(18)15-22/h3-4,6-7,16-17H,5,8-15H2,1-2H3,(H,21,24). The Kier molecular flexibility index (Phi) is 5.90. The van der Waals surface area contributed by atoms with E-state index in [0.29, 0.717) is 6.04 Å². The van der Waals surface area contributed by atoms with Crippen LogP contribution >= 0.6 is 0 Å². The van der Waals surface area contributed by atoms with E-state index in [0.717, 1.165) is 58.5 Å². The van der Waals surface area contributed by atoms with Gasteiger partial charge < -0.3 is 10.2 Å². The van der Waals surface area contributed by atoms with Gasteiger partial charge in [0.15, 0.2) is 0 Å². The summed E-state index contributed by atoms with van der Waals surface area (Å²) in [5, 5.41) is 3.16. The van der Waals surface area contributed by atoms with E-state index in [1.54, 1.807) is 0 Å². The lowest BCUT2D eigenvalue weighted by Gasteiger charge is -2.34. The van der Waals surface area contributed by atoms with Crippen molar-refractivity contribution in [2.75, 3.05) is 26.2 Å². The smallest absolute Gasteiger partial charge is 0.223 e. The summed E-state index contributed by atoms with van der Waals surface area (Å²) < 4.78 is 0. The van der Waals surface area contributed by atoms with Crippen LogP contribution in [-0.4, -0.2) is 47.9 Å². The van der Waals surface area contributed by atoms with Gasteiger partial charge in [0.1, 0.15) is 0 Å². The first-order valence-electron chi connectivity index (χ1n) is 9.44. The minimum Gasteiger partial charge on any atom is -0.356 e. The van der Waals surface area contributed by atoms with Crippen LogP contribution in [0.25, 0.3) is 0 Å². The summed E-state index contributed by atoms with van der Waals surface area (Å²) in [6.07, 6.45) is 3.04. The van der Waals surface area contributed by atoms with Crippen LogP contribution in [0.5, 0.6) is 0 Å². The summed E-state index contributed by atoms with van der Waals surface area (Å²) >= 11 is 0. The number of hydrogen-bond acceptors (Lipinski definition) is 3. The van der Waals surface area contributed by atoms with Gasteiger partial charge in [-0.05, 0) is 57.3 Å². The molecule has 1 N–H and O–H groups in total. The normalized spacial score (nSPS) is 19.6. The molecule has 132 valence electrons. The van der Waals surface area contributed by atoms with Gasteiger partial charge in [0.05, 0.1) is 0 Å². The van der Waals surface area contributed by atoms with Crippen LogP contribution in [0.4, 0.5) is 0 Å². The largest absolute Gasteiger partial charge is 0.356 e. The average Bonchev–Trinajstić information content (AvgIpc) is 3.01. The second-order valence-corrected chi connectivity index (χ2v) is 7.53. The van der Waals surface area contributed by atoms with E-state index in [2.05, 4.69) is 53.2 Å². The van der Waals surface area contributed by atoms with Crippen LogP contribution < -0.4 is 5.32 Å². The molecule has 1 aromatic rings. The molecule has 2 heterocycles. The molecule has 4 heteroatoms. The number of piperidine rings is 1. The maximum Gasteiger partial charge on any atom is 0.223 e. The summed E-state index contributed by atoms with van der Waals surface area (Å²) in [7, 11) is 0. The van der Waals surface area contributed by atoms with Crippen molar-refractivity contribution in [1.29, 1.82) is 0 Å². The minimum absolute atomic E-state index is 0.219. The van der Waals surface area contributed by atoms with Crippen molar-refractivity contribution in [3.05, 3.63) is 35.4 Å². The number of likely N-dealkylation sites (tertiary alicyclic amines) is 1. The number of carbonyl (C=O) groups excluding carboxylic acids is 1. The number of carbonyl (C=O) groups is 1. The molecule has 1 saturated heterocycles. The van der Waals surface area contributed by atoms with Crippen LogP contribution in [0.15, 0.2) is 24.3 Å². The van der Waals surface area contributed by atoms with E-state index in [1.165, 1.54) is 11.1 Å². The summed E-state index contributed by atoms with van der Waals surface area (Å²) in [5.74, 6) is 0.485. The highest BCUT2D eigenvalue weighted by atomic mass is 16.1. The molecular weight excluding hydrogens is 298 g/mol. The zero-order valence-corrected chi connectivity index (χ0v) is 15.1. The zero-order valence-electron chi connectivity index (χ0n) is 15.1. The number of fused-ring (bicyclic) bond motifs is 1. The Morgan fingerprint density at radius 2 is 1.79 bits per heavy atom. The number of rotatable bonds is 6. The summed E-state index contributed by atoms with van der Waals surface area (Å²) in [5.41, 5.74) is 2.91. The maximum absolute atomic E-state index is 12.3. The highest BCUT2D eigenvalue weighted by molar-refractivity contribution is 5.78. The minimum atomic E-state index is 0.219. The van der Waals surface area contributed by atoms with Crippen LogP contribution in [0, 0.1) is 5.92 Å². The lowest BCUT2D eigenvalue weighted by atomic mass is 9.95.